The Balaban J connectivity index is 0.000000241. The molecule has 0 unspecified atom stereocenters. The number of likely N-dealkylation sites (N-methyl/N-ethyl adjacent to an activating group) is 1. The van der Waals surface area contributed by atoms with E-state index in [1.807, 2.05) is 6.07 Å². The van der Waals surface area contributed by atoms with Gasteiger partial charge in [0.1, 0.15) is 5.82 Å². The summed E-state index contributed by atoms with van der Waals surface area (Å²) in [6, 6.07) is 8.54. The molecule has 0 bridgehead atoms. The monoisotopic (exact) mass is 602 g/mol. The molecule has 1 fully saturated rings. The van der Waals surface area contributed by atoms with Gasteiger partial charge in [0.15, 0.2) is 5.69 Å². The molecule has 1 aromatic heterocycles. The van der Waals surface area contributed by atoms with Gasteiger partial charge in [-0.1, -0.05) is 35.4 Å². The fourth-order valence-electron chi connectivity index (χ4n) is 4.03. The van der Waals surface area contributed by atoms with Gasteiger partial charge in [-0.15, -0.1) is 6.54 Å². The van der Waals surface area contributed by atoms with Crippen molar-refractivity contribution in [2.24, 2.45) is 0 Å². The van der Waals surface area contributed by atoms with Crippen molar-refractivity contribution in [1.82, 2.24) is 19.8 Å². The van der Waals surface area contributed by atoms with Gasteiger partial charge >= 0.3 is 18.3 Å². The highest BCUT2D eigenvalue weighted by atomic mass is 35.5. The van der Waals surface area contributed by atoms with Crippen molar-refractivity contribution in [3.05, 3.63) is 87.2 Å². The summed E-state index contributed by atoms with van der Waals surface area (Å²) in [7, 11) is 3.41. The van der Waals surface area contributed by atoms with Crippen LogP contribution in [0.25, 0.3) is 16.4 Å². The number of nitrogens with zero attached hydrogens (tertiary/aromatic N) is 5. The number of hydrogen-bond acceptors (Lipinski definition) is 5. The SMILES string of the molecule is CN1CCN(Cc2ncc(-c3ccccc3Cl)c(C(=O)O)n2)CC1.C[N-]Cc1cc(C(F)(F)F)cc(C(F)(F)F)c1. The first-order valence-electron chi connectivity index (χ1n) is 12.3. The number of alkyl halides is 6. The summed E-state index contributed by atoms with van der Waals surface area (Å²) < 4.78 is 74.3. The molecule has 4 rings (SSSR count). The van der Waals surface area contributed by atoms with Gasteiger partial charge in [0.25, 0.3) is 0 Å². The molecule has 0 radical (unpaired) electrons. The largest absolute Gasteiger partial charge is 0.661 e. The average molecular weight is 603 g/mol. The zero-order valence-corrected chi connectivity index (χ0v) is 22.9. The lowest BCUT2D eigenvalue weighted by atomic mass is 10.0. The van der Waals surface area contributed by atoms with Crippen LogP contribution in [0.15, 0.2) is 48.7 Å². The highest BCUT2D eigenvalue weighted by Crippen LogP contribution is 2.36. The Morgan fingerprint density at radius 2 is 1.56 bits per heavy atom. The number of aromatic carboxylic acids is 1. The van der Waals surface area contributed by atoms with Gasteiger partial charge in [-0.25, -0.2) is 14.8 Å². The molecule has 1 aliphatic heterocycles. The normalized spacial score (nSPS) is 14.9. The molecule has 1 aliphatic rings. The molecule has 222 valence electrons. The molecule has 0 aliphatic carbocycles. The number of carboxylic acids is 1. The molecule has 0 saturated carbocycles. The maximum atomic E-state index is 12.4. The Morgan fingerprint density at radius 1 is 0.976 bits per heavy atom. The summed E-state index contributed by atoms with van der Waals surface area (Å²) in [5.41, 5.74) is -1.69. The Morgan fingerprint density at radius 3 is 2.07 bits per heavy atom. The molecule has 1 saturated heterocycles. The van der Waals surface area contributed by atoms with Gasteiger partial charge in [-0.3, -0.25) is 4.90 Å². The van der Waals surface area contributed by atoms with E-state index in [-0.39, 0.29) is 23.9 Å². The number of hydrogen-bond donors (Lipinski definition) is 1. The summed E-state index contributed by atoms with van der Waals surface area (Å²) in [6.45, 7) is 4.19. The van der Waals surface area contributed by atoms with Crippen LogP contribution in [0.4, 0.5) is 26.3 Å². The first-order valence-corrected chi connectivity index (χ1v) is 12.7. The molecule has 2 heterocycles. The Hall–Kier alpha value is -3.26. The molecule has 7 nitrogen and oxygen atoms in total. The zero-order valence-electron chi connectivity index (χ0n) is 22.1. The van der Waals surface area contributed by atoms with E-state index in [0.717, 1.165) is 26.2 Å². The number of benzene rings is 2. The lowest BCUT2D eigenvalue weighted by Crippen LogP contribution is -2.44. The fraction of sp³-hybridized carbons (Fsp3) is 0.370. The third-order valence-electron chi connectivity index (χ3n) is 6.15. The molecule has 0 spiro atoms. The topological polar surface area (TPSA) is 83.7 Å². The Kier molecular flexibility index (Phi) is 10.7. The third-order valence-corrected chi connectivity index (χ3v) is 6.48. The summed E-state index contributed by atoms with van der Waals surface area (Å²) in [6.07, 6.45) is -8.05. The van der Waals surface area contributed by atoms with Crippen molar-refractivity contribution in [2.75, 3.05) is 40.3 Å². The molecule has 3 aromatic rings. The summed E-state index contributed by atoms with van der Waals surface area (Å²) >= 11 is 6.18. The number of carbonyl (C=O) groups is 1. The Bertz CT molecular complexity index is 1310. The maximum Gasteiger partial charge on any atom is 0.416 e. The number of piperazine rings is 1. The Labute approximate surface area is 237 Å². The minimum atomic E-state index is -4.80. The number of halogens is 7. The van der Waals surface area contributed by atoms with E-state index in [1.165, 1.54) is 7.05 Å². The predicted molar refractivity (Wildman–Crippen MR) is 142 cm³/mol. The number of rotatable bonds is 6. The quantitative estimate of drug-likeness (QED) is 0.326. The van der Waals surface area contributed by atoms with Crippen molar-refractivity contribution in [2.45, 2.75) is 25.4 Å². The van der Waals surface area contributed by atoms with Crippen LogP contribution in [0.1, 0.15) is 33.0 Å². The predicted octanol–water partition coefficient (Wildman–Crippen LogP) is 6.47. The van der Waals surface area contributed by atoms with E-state index >= 15 is 0 Å². The number of carboxylic acid groups (broad SMARTS) is 1. The second kappa shape index (κ2) is 13.6. The van der Waals surface area contributed by atoms with Crippen LogP contribution < -0.4 is 0 Å². The zero-order chi connectivity index (χ0) is 30.4. The van der Waals surface area contributed by atoms with E-state index in [4.69, 9.17) is 11.6 Å². The standard InChI is InChI=1S/C17H19ClN4O2.C10H8F6N/c1-21-6-8-22(9-7-21)11-15-19-10-13(16(20-15)17(23)24)12-4-2-3-5-14(12)18;1-17-5-6-2-7(9(11,12)13)4-8(3-6)10(14,15)16/h2-5,10H,6-9,11H2,1H3,(H,23,24);2-4H,5H2,1H3/q;-1. The van der Waals surface area contributed by atoms with E-state index in [0.29, 0.717) is 40.7 Å². The fourth-order valence-corrected chi connectivity index (χ4v) is 4.27. The highest BCUT2D eigenvalue weighted by Gasteiger charge is 2.36. The van der Waals surface area contributed by atoms with Crippen LogP contribution >= 0.6 is 11.6 Å². The van der Waals surface area contributed by atoms with E-state index in [1.54, 1.807) is 24.4 Å². The first kappa shape index (κ1) is 32.3. The van der Waals surface area contributed by atoms with Crippen LogP contribution in [-0.2, 0) is 25.4 Å². The molecule has 0 atom stereocenters. The van der Waals surface area contributed by atoms with E-state index < -0.39 is 29.4 Å². The lowest BCUT2D eigenvalue weighted by Gasteiger charge is -2.31. The molecule has 2 aromatic carbocycles. The molecular weight excluding hydrogens is 576 g/mol. The molecule has 1 N–H and O–H groups in total. The van der Waals surface area contributed by atoms with Crippen LogP contribution in [0.2, 0.25) is 5.02 Å². The molecular formula is C27H27ClF6N5O2-. The second-order valence-corrected chi connectivity index (χ2v) is 9.71. The minimum Gasteiger partial charge on any atom is -0.661 e. The third kappa shape index (κ3) is 9.12. The lowest BCUT2D eigenvalue weighted by molar-refractivity contribution is -0.143. The van der Waals surface area contributed by atoms with Gasteiger partial charge < -0.3 is 15.3 Å². The minimum absolute atomic E-state index is 0.0118. The first-order chi connectivity index (χ1) is 19.2. The molecule has 0 amide bonds. The van der Waals surface area contributed by atoms with Crippen molar-refractivity contribution in [3.63, 3.8) is 0 Å². The van der Waals surface area contributed by atoms with Crippen LogP contribution in [0.3, 0.4) is 0 Å². The van der Waals surface area contributed by atoms with E-state index in [2.05, 4.69) is 32.1 Å². The van der Waals surface area contributed by atoms with Crippen LogP contribution in [0, 0.1) is 0 Å². The van der Waals surface area contributed by atoms with Gasteiger partial charge in [-0.2, -0.15) is 33.4 Å². The van der Waals surface area contributed by atoms with Crippen molar-refractivity contribution in [1.29, 1.82) is 0 Å². The number of aromatic nitrogens is 2. The van der Waals surface area contributed by atoms with Crippen LogP contribution in [-0.4, -0.2) is 71.1 Å². The van der Waals surface area contributed by atoms with Gasteiger partial charge in [-0.05, 0) is 31.3 Å². The van der Waals surface area contributed by atoms with Gasteiger partial charge in [0.2, 0.25) is 0 Å². The maximum absolute atomic E-state index is 12.4. The van der Waals surface area contributed by atoms with Crippen molar-refractivity contribution in [3.8, 4) is 11.1 Å². The van der Waals surface area contributed by atoms with Crippen molar-refractivity contribution < 1.29 is 36.2 Å². The molecule has 41 heavy (non-hydrogen) atoms. The van der Waals surface area contributed by atoms with Gasteiger partial charge in [0, 0.05) is 48.5 Å². The van der Waals surface area contributed by atoms with Gasteiger partial charge in [0.05, 0.1) is 17.7 Å². The second-order valence-electron chi connectivity index (χ2n) is 9.30. The van der Waals surface area contributed by atoms with Crippen LogP contribution in [0.5, 0.6) is 0 Å². The summed E-state index contributed by atoms with van der Waals surface area (Å²) in [5, 5.41) is 13.5. The van der Waals surface area contributed by atoms with Crippen molar-refractivity contribution >= 4 is 17.6 Å². The summed E-state index contributed by atoms with van der Waals surface area (Å²) in [5.74, 6) is -0.556. The average Bonchev–Trinajstić information content (AvgIpc) is 2.90. The smallest absolute Gasteiger partial charge is 0.416 e. The highest BCUT2D eigenvalue weighted by molar-refractivity contribution is 6.33. The summed E-state index contributed by atoms with van der Waals surface area (Å²) in [4.78, 5) is 24.8. The molecule has 14 heteroatoms. The van der Waals surface area contributed by atoms with E-state index in [9.17, 15) is 36.2 Å².